The van der Waals surface area contributed by atoms with Crippen LogP contribution in [0.15, 0.2) is 48.9 Å². The minimum absolute atomic E-state index is 0.508. The van der Waals surface area contributed by atoms with Crippen molar-refractivity contribution in [1.29, 1.82) is 0 Å². The van der Waals surface area contributed by atoms with Crippen molar-refractivity contribution >= 4 is 0 Å². The lowest BCUT2D eigenvalue weighted by Gasteiger charge is -2.04. The summed E-state index contributed by atoms with van der Waals surface area (Å²) in [4.78, 5) is 4.08. The molecular weight excluding hydrogens is 288 g/mol. The molecule has 0 bridgehead atoms. The molecule has 0 spiro atoms. The zero-order valence-corrected chi connectivity index (χ0v) is 11.8. The molecule has 1 aromatic carbocycles. The van der Waals surface area contributed by atoms with Gasteiger partial charge in [0.25, 0.3) is 0 Å². The number of aromatic nitrogens is 3. The maximum absolute atomic E-state index is 13.3. The molecule has 0 aliphatic carbocycles. The Bertz CT molecular complexity index is 802. The average Bonchev–Trinajstić information content (AvgIpc) is 2.98. The van der Waals surface area contributed by atoms with Gasteiger partial charge in [0.1, 0.15) is 5.75 Å². The van der Waals surface area contributed by atoms with E-state index in [0.717, 1.165) is 17.7 Å². The monoisotopic (exact) mass is 301 g/mol. The van der Waals surface area contributed by atoms with E-state index < -0.39 is 11.6 Å². The van der Waals surface area contributed by atoms with E-state index in [1.165, 1.54) is 6.07 Å². The van der Waals surface area contributed by atoms with Gasteiger partial charge in [-0.25, -0.2) is 8.78 Å². The molecule has 0 radical (unpaired) electrons. The standard InChI is InChI=1S/C16H13F2N3O/c1-22-13-6-11(8-19-9-13)10-21-5-4-16(20-21)12-2-3-14(17)15(18)7-12/h2-9H,10H2,1H3. The second-order valence-electron chi connectivity index (χ2n) is 4.76. The van der Waals surface area contributed by atoms with Gasteiger partial charge >= 0.3 is 0 Å². The number of pyridine rings is 1. The first-order chi connectivity index (χ1) is 10.7. The van der Waals surface area contributed by atoms with Crippen molar-refractivity contribution in [3.05, 3.63) is 66.1 Å². The molecule has 2 aromatic heterocycles. The summed E-state index contributed by atoms with van der Waals surface area (Å²) in [6.45, 7) is 0.508. The smallest absolute Gasteiger partial charge is 0.159 e. The van der Waals surface area contributed by atoms with Gasteiger partial charge in [-0.3, -0.25) is 9.67 Å². The lowest BCUT2D eigenvalue weighted by molar-refractivity contribution is 0.412. The summed E-state index contributed by atoms with van der Waals surface area (Å²) in [5, 5.41) is 4.36. The van der Waals surface area contributed by atoms with Gasteiger partial charge in [-0.15, -0.1) is 0 Å². The molecule has 0 aliphatic rings. The van der Waals surface area contributed by atoms with Crippen LogP contribution in [0, 0.1) is 11.6 Å². The first-order valence-electron chi connectivity index (χ1n) is 6.62. The summed E-state index contributed by atoms with van der Waals surface area (Å²) in [6, 6.07) is 7.34. The van der Waals surface area contributed by atoms with E-state index in [-0.39, 0.29) is 0 Å². The maximum atomic E-state index is 13.3. The highest BCUT2D eigenvalue weighted by atomic mass is 19.2. The topological polar surface area (TPSA) is 39.9 Å². The number of halogens is 2. The molecule has 0 atom stereocenters. The number of benzene rings is 1. The predicted octanol–water partition coefficient (Wildman–Crippen LogP) is 3.28. The molecule has 0 N–H and O–H groups in total. The third kappa shape index (κ3) is 2.95. The highest BCUT2D eigenvalue weighted by molar-refractivity contribution is 5.58. The van der Waals surface area contributed by atoms with E-state index in [2.05, 4.69) is 10.1 Å². The van der Waals surface area contributed by atoms with Gasteiger partial charge in [0.15, 0.2) is 11.6 Å². The molecule has 3 aromatic rings. The molecule has 0 unspecified atom stereocenters. The number of ether oxygens (including phenoxy) is 1. The molecule has 0 amide bonds. The van der Waals surface area contributed by atoms with Crippen LogP contribution in [0.25, 0.3) is 11.3 Å². The second kappa shape index (κ2) is 5.93. The highest BCUT2D eigenvalue weighted by Gasteiger charge is 2.07. The van der Waals surface area contributed by atoms with Gasteiger partial charge in [-0.2, -0.15) is 5.10 Å². The number of hydrogen-bond acceptors (Lipinski definition) is 3. The van der Waals surface area contributed by atoms with Crippen LogP contribution in [0.1, 0.15) is 5.56 Å². The Kier molecular flexibility index (Phi) is 3.82. The Morgan fingerprint density at radius 2 is 1.95 bits per heavy atom. The van der Waals surface area contributed by atoms with Crippen molar-refractivity contribution < 1.29 is 13.5 Å². The van der Waals surface area contributed by atoms with Gasteiger partial charge in [0.2, 0.25) is 0 Å². The number of methoxy groups -OCH3 is 1. The first kappa shape index (κ1) is 14.2. The summed E-state index contributed by atoms with van der Waals surface area (Å²) >= 11 is 0. The van der Waals surface area contributed by atoms with Crippen LogP contribution in [-0.2, 0) is 6.54 Å². The van der Waals surface area contributed by atoms with Gasteiger partial charge in [0, 0.05) is 18.0 Å². The summed E-state index contributed by atoms with van der Waals surface area (Å²) in [6.07, 6.45) is 5.12. The lowest BCUT2D eigenvalue weighted by Crippen LogP contribution is -2.01. The molecular formula is C16H13F2N3O. The molecule has 4 nitrogen and oxygen atoms in total. The quantitative estimate of drug-likeness (QED) is 0.742. The molecule has 3 rings (SSSR count). The van der Waals surface area contributed by atoms with Gasteiger partial charge in [-0.1, -0.05) is 0 Å². The zero-order valence-electron chi connectivity index (χ0n) is 11.8. The Morgan fingerprint density at radius 1 is 1.09 bits per heavy atom. The summed E-state index contributed by atoms with van der Waals surface area (Å²) in [5.41, 5.74) is 2.04. The van der Waals surface area contributed by atoms with Crippen LogP contribution in [0.5, 0.6) is 5.75 Å². The molecule has 0 aliphatic heterocycles. The maximum Gasteiger partial charge on any atom is 0.159 e. The van der Waals surface area contributed by atoms with Crippen LogP contribution < -0.4 is 4.74 Å². The molecule has 0 saturated carbocycles. The van der Waals surface area contributed by atoms with E-state index in [4.69, 9.17) is 4.74 Å². The Labute approximate surface area is 126 Å². The van der Waals surface area contributed by atoms with E-state index in [9.17, 15) is 8.78 Å². The van der Waals surface area contributed by atoms with Crippen LogP contribution in [-0.4, -0.2) is 21.9 Å². The molecule has 2 heterocycles. The number of hydrogen-bond donors (Lipinski definition) is 0. The number of nitrogens with zero attached hydrogens (tertiary/aromatic N) is 3. The third-order valence-electron chi connectivity index (χ3n) is 3.21. The lowest BCUT2D eigenvalue weighted by atomic mass is 10.1. The van der Waals surface area contributed by atoms with Crippen LogP contribution in [0.4, 0.5) is 8.78 Å². The van der Waals surface area contributed by atoms with Crippen molar-refractivity contribution in [1.82, 2.24) is 14.8 Å². The zero-order chi connectivity index (χ0) is 15.5. The fourth-order valence-corrected chi connectivity index (χ4v) is 2.11. The van der Waals surface area contributed by atoms with Gasteiger partial charge in [-0.05, 0) is 35.9 Å². The second-order valence-corrected chi connectivity index (χ2v) is 4.76. The van der Waals surface area contributed by atoms with Crippen molar-refractivity contribution in [3.63, 3.8) is 0 Å². The molecule has 6 heteroatoms. The average molecular weight is 301 g/mol. The van der Waals surface area contributed by atoms with Crippen LogP contribution in [0.3, 0.4) is 0 Å². The van der Waals surface area contributed by atoms with Gasteiger partial charge < -0.3 is 4.74 Å². The molecule has 22 heavy (non-hydrogen) atoms. The van der Waals surface area contributed by atoms with Crippen LogP contribution >= 0.6 is 0 Å². The Balaban J connectivity index is 1.82. The largest absolute Gasteiger partial charge is 0.495 e. The van der Waals surface area contributed by atoms with Crippen molar-refractivity contribution in [2.24, 2.45) is 0 Å². The summed E-state index contributed by atoms with van der Waals surface area (Å²) in [7, 11) is 1.58. The predicted molar refractivity (Wildman–Crippen MR) is 77.5 cm³/mol. The fourth-order valence-electron chi connectivity index (χ4n) is 2.11. The van der Waals surface area contributed by atoms with E-state index >= 15 is 0 Å². The Morgan fingerprint density at radius 3 is 2.73 bits per heavy atom. The number of rotatable bonds is 4. The minimum atomic E-state index is -0.885. The summed E-state index contributed by atoms with van der Waals surface area (Å²) < 4.78 is 33.1. The van der Waals surface area contributed by atoms with E-state index in [0.29, 0.717) is 23.6 Å². The van der Waals surface area contributed by atoms with Crippen molar-refractivity contribution in [2.75, 3.05) is 7.11 Å². The van der Waals surface area contributed by atoms with Crippen LogP contribution in [0.2, 0.25) is 0 Å². The minimum Gasteiger partial charge on any atom is -0.495 e. The van der Waals surface area contributed by atoms with E-state index in [1.807, 2.05) is 6.07 Å². The molecule has 112 valence electrons. The first-order valence-corrected chi connectivity index (χ1v) is 6.62. The normalized spacial score (nSPS) is 10.7. The molecule has 0 saturated heterocycles. The molecule has 0 fully saturated rings. The van der Waals surface area contributed by atoms with Crippen molar-refractivity contribution in [2.45, 2.75) is 6.54 Å². The van der Waals surface area contributed by atoms with Crippen molar-refractivity contribution in [3.8, 4) is 17.0 Å². The van der Waals surface area contributed by atoms with E-state index in [1.54, 1.807) is 36.4 Å². The highest BCUT2D eigenvalue weighted by Crippen LogP contribution is 2.20. The fraction of sp³-hybridized carbons (Fsp3) is 0.125. The van der Waals surface area contributed by atoms with Gasteiger partial charge in [0.05, 0.1) is 25.5 Å². The third-order valence-corrected chi connectivity index (χ3v) is 3.21. The Hall–Kier alpha value is -2.76. The summed E-state index contributed by atoms with van der Waals surface area (Å²) in [5.74, 6) is -1.08. The SMILES string of the molecule is COc1cncc(Cn2ccc(-c3ccc(F)c(F)c3)n2)c1.